The Bertz CT molecular complexity index is 748. The van der Waals surface area contributed by atoms with Gasteiger partial charge in [0.2, 0.25) is 5.91 Å². The third-order valence-electron chi connectivity index (χ3n) is 3.56. The van der Waals surface area contributed by atoms with Crippen LogP contribution in [0.2, 0.25) is 0 Å². The lowest BCUT2D eigenvalue weighted by Gasteiger charge is -2.09. The fraction of sp³-hybridized carbons (Fsp3) is 0.375. The molecule has 8 heteroatoms. The topological polar surface area (TPSA) is 51.1 Å². The number of halogens is 3. The molecule has 1 aromatic heterocycles. The Kier molecular flexibility index (Phi) is 5.82. The molecule has 0 bridgehead atoms. The standard InChI is InChI=1S/C16H17F3N2O2S/c1-11-10-24-15(23)21(11)9-7-14(22)20-8-6-12-2-4-13(5-3-12)16(17,18)19/h2-5,10H,6-9H2,1H3,(H,20,22). The quantitative estimate of drug-likeness (QED) is 0.863. The van der Waals surface area contributed by atoms with E-state index in [1.54, 1.807) is 16.9 Å². The number of amides is 1. The summed E-state index contributed by atoms with van der Waals surface area (Å²) in [6, 6.07) is 4.87. The highest BCUT2D eigenvalue weighted by Crippen LogP contribution is 2.29. The molecule has 0 aliphatic rings. The van der Waals surface area contributed by atoms with Crippen molar-refractivity contribution in [2.75, 3.05) is 6.54 Å². The Hall–Kier alpha value is -2.09. The third-order valence-corrected chi connectivity index (χ3v) is 4.44. The van der Waals surface area contributed by atoms with Crippen LogP contribution in [-0.2, 0) is 23.9 Å². The van der Waals surface area contributed by atoms with Crippen molar-refractivity contribution in [3.05, 3.63) is 56.1 Å². The van der Waals surface area contributed by atoms with Crippen LogP contribution in [0.4, 0.5) is 13.2 Å². The van der Waals surface area contributed by atoms with Crippen molar-refractivity contribution < 1.29 is 18.0 Å². The predicted octanol–water partition coefficient (Wildman–Crippen LogP) is 2.99. The largest absolute Gasteiger partial charge is 0.416 e. The number of aryl methyl sites for hydroxylation is 1. The van der Waals surface area contributed by atoms with Crippen LogP contribution in [0.3, 0.4) is 0 Å². The summed E-state index contributed by atoms with van der Waals surface area (Å²) in [4.78, 5) is 23.2. The lowest BCUT2D eigenvalue weighted by atomic mass is 10.1. The molecule has 0 aliphatic heterocycles. The van der Waals surface area contributed by atoms with Crippen LogP contribution in [0.1, 0.15) is 23.2 Å². The Morgan fingerprint density at radius 2 is 1.92 bits per heavy atom. The molecule has 2 aromatic rings. The van der Waals surface area contributed by atoms with Gasteiger partial charge in [0.15, 0.2) is 0 Å². The number of carbonyl (C=O) groups excluding carboxylic acids is 1. The van der Waals surface area contributed by atoms with Gasteiger partial charge in [-0.1, -0.05) is 23.5 Å². The van der Waals surface area contributed by atoms with Gasteiger partial charge in [-0.15, -0.1) is 0 Å². The van der Waals surface area contributed by atoms with Crippen LogP contribution >= 0.6 is 11.3 Å². The summed E-state index contributed by atoms with van der Waals surface area (Å²) < 4.78 is 38.9. The van der Waals surface area contributed by atoms with Crippen molar-refractivity contribution in [3.8, 4) is 0 Å². The van der Waals surface area contributed by atoms with Crippen molar-refractivity contribution in [2.45, 2.75) is 32.5 Å². The van der Waals surface area contributed by atoms with E-state index < -0.39 is 11.7 Å². The number of nitrogens with one attached hydrogen (secondary N) is 1. The monoisotopic (exact) mass is 358 g/mol. The molecule has 0 unspecified atom stereocenters. The zero-order valence-electron chi connectivity index (χ0n) is 13.0. The van der Waals surface area contributed by atoms with E-state index in [1.165, 1.54) is 12.1 Å². The molecule has 0 saturated heterocycles. The second kappa shape index (κ2) is 7.65. The highest BCUT2D eigenvalue weighted by Gasteiger charge is 2.29. The number of nitrogens with zero attached hydrogens (tertiary/aromatic N) is 1. The molecule has 0 spiro atoms. The van der Waals surface area contributed by atoms with Crippen molar-refractivity contribution in [2.24, 2.45) is 0 Å². The fourth-order valence-corrected chi connectivity index (χ4v) is 2.94. The number of thiazole rings is 1. The second-order valence-electron chi connectivity index (χ2n) is 5.34. The van der Waals surface area contributed by atoms with E-state index >= 15 is 0 Å². The van der Waals surface area contributed by atoms with E-state index in [4.69, 9.17) is 0 Å². The Balaban J connectivity index is 1.75. The van der Waals surface area contributed by atoms with Crippen LogP contribution in [-0.4, -0.2) is 17.0 Å². The molecule has 1 aromatic carbocycles. The molecule has 0 aliphatic carbocycles. The number of benzene rings is 1. The van der Waals surface area contributed by atoms with Gasteiger partial charge in [-0.3, -0.25) is 9.59 Å². The third kappa shape index (κ3) is 4.95. The minimum Gasteiger partial charge on any atom is -0.356 e. The first-order chi connectivity index (χ1) is 11.3. The van der Waals surface area contributed by atoms with Crippen LogP contribution in [0.5, 0.6) is 0 Å². The molecule has 1 amide bonds. The minimum absolute atomic E-state index is 0.0925. The van der Waals surface area contributed by atoms with Crippen molar-refractivity contribution >= 4 is 17.2 Å². The van der Waals surface area contributed by atoms with Gasteiger partial charge in [0.25, 0.3) is 0 Å². The van der Waals surface area contributed by atoms with Gasteiger partial charge in [0, 0.05) is 30.6 Å². The minimum atomic E-state index is -4.34. The Labute approximate surface area is 140 Å². The van der Waals surface area contributed by atoms with E-state index in [0.29, 0.717) is 25.1 Å². The van der Waals surface area contributed by atoms with E-state index in [2.05, 4.69) is 5.32 Å². The van der Waals surface area contributed by atoms with Crippen LogP contribution in [0.25, 0.3) is 0 Å². The van der Waals surface area contributed by atoms with E-state index in [1.807, 2.05) is 0 Å². The molecule has 4 nitrogen and oxygen atoms in total. The summed E-state index contributed by atoms with van der Waals surface area (Å²) in [5.41, 5.74) is 0.850. The van der Waals surface area contributed by atoms with E-state index in [0.717, 1.165) is 29.2 Å². The molecule has 1 N–H and O–H groups in total. The Morgan fingerprint density at radius 1 is 1.25 bits per heavy atom. The smallest absolute Gasteiger partial charge is 0.356 e. The second-order valence-corrected chi connectivity index (χ2v) is 6.16. The maximum atomic E-state index is 12.5. The van der Waals surface area contributed by atoms with Gasteiger partial charge in [-0.25, -0.2) is 0 Å². The highest BCUT2D eigenvalue weighted by atomic mass is 32.1. The number of aromatic nitrogens is 1. The average molecular weight is 358 g/mol. The summed E-state index contributed by atoms with van der Waals surface area (Å²) in [5, 5.41) is 4.45. The molecule has 1 heterocycles. The number of alkyl halides is 3. The first kappa shape index (κ1) is 18.3. The zero-order valence-corrected chi connectivity index (χ0v) is 13.8. The lowest BCUT2D eigenvalue weighted by Crippen LogP contribution is -2.28. The van der Waals surface area contributed by atoms with Crippen LogP contribution in [0.15, 0.2) is 34.4 Å². The first-order valence-corrected chi connectivity index (χ1v) is 8.23. The molecule has 2 rings (SSSR count). The van der Waals surface area contributed by atoms with E-state index in [-0.39, 0.29) is 17.2 Å². The average Bonchev–Trinajstić information content (AvgIpc) is 2.83. The molecule has 0 radical (unpaired) electrons. The zero-order chi connectivity index (χ0) is 17.7. The van der Waals surface area contributed by atoms with Crippen molar-refractivity contribution in [1.82, 2.24) is 9.88 Å². The Morgan fingerprint density at radius 3 is 2.46 bits per heavy atom. The molecule has 0 saturated carbocycles. The summed E-state index contributed by atoms with van der Waals surface area (Å²) in [5.74, 6) is -0.195. The maximum Gasteiger partial charge on any atom is 0.416 e. The summed E-state index contributed by atoms with van der Waals surface area (Å²) >= 11 is 1.10. The van der Waals surface area contributed by atoms with Gasteiger partial charge in [0.05, 0.1) is 5.56 Å². The molecule has 0 fully saturated rings. The normalized spacial score (nSPS) is 11.5. The number of hydrogen-bond donors (Lipinski definition) is 1. The summed E-state index contributed by atoms with van der Waals surface area (Å²) in [7, 11) is 0. The SMILES string of the molecule is Cc1csc(=O)n1CCC(=O)NCCc1ccc(C(F)(F)F)cc1. The van der Waals surface area contributed by atoms with E-state index in [9.17, 15) is 22.8 Å². The maximum absolute atomic E-state index is 12.5. The first-order valence-electron chi connectivity index (χ1n) is 7.35. The highest BCUT2D eigenvalue weighted by molar-refractivity contribution is 7.07. The molecular formula is C16H17F3N2O2S. The van der Waals surface area contributed by atoms with Gasteiger partial charge in [-0.2, -0.15) is 13.2 Å². The molecular weight excluding hydrogens is 341 g/mol. The molecule has 0 atom stereocenters. The molecule has 130 valence electrons. The summed E-state index contributed by atoms with van der Waals surface area (Å²) in [6.07, 6.45) is -3.71. The number of hydrogen-bond acceptors (Lipinski definition) is 3. The fourth-order valence-electron chi connectivity index (χ4n) is 2.18. The van der Waals surface area contributed by atoms with Gasteiger partial charge in [-0.05, 0) is 31.0 Å². The molecule has 24 heavy (non-hydrogen) atoms. The number of rotatable bonds is 6. The van der Waals surface area contributed by atoms with Gasteiger partial charge in [0.1, 0.15) is 0 Å². The van der Waals surface area contributed by atoms with Crippen LogP contribution < -0.4 is 10.2 Å². The van der Waals surface area contributed by atoms with Gasteiger partial charge >= 0.3 is 11.0 Å². The summed E-state index contributed by atoms with van der Waals surface area (Å²) in [6.45, 7) is 2.46. The number of carbonyl (C=O) groups is 1. The van der Waals surface area contributed by atoms with Crippen molar-refractivity contribution in [3.63, 3.8) is 0 Å². The van der Waals surface area contributed by atoms with Crippen LogP contribution in [0, 0.1) is 6.92 Å². The lowest BCUT2D eigenvalue weighted by molar-refractivity contribution is -0.137. The van der Waals surface area contributed by atoms with Gasteiger partial charge < -0.3 is 9.88 Å². The predicted molar refractivity (Wildman–Crippen MR) is 86.1 cm³/mol. The van der Waals surface area contributed by atoms with Crippen molar-refractivity contribution in [1.29, 1.82) is 0 Å².